The van der Waals surface area contributed by atoms with Crippen molar-refractivity contribution < 1.29 is 24.2 Å². The molecule has 0 spiro atoms. The van der Waals surface area contributed by atoms with Crippen molar-refractivity contribution in [1.82, 2.24) is 10.6 Å². The summed E-state index contributed by atoms with van der Waals surface area (Å²) in [6, 6.07) is 16.2. The molecule has 2 aromatic rings. The smallest absolute Gasteiger partial charge is 0.407 e. The summed E-state index contributed by atoms with van der Waals surface area (Å²) in [7, 11) is 0. The summed E-state index contributed by atoms with van der Waals surface area (Å²) in [4.78, 5) is 34.9. The van der Waals surface area contributed by atoms with Crippen molar-refractivity contribution in [2.24, 2.45) is 5.41 Å². The highest BCUT2D eigenvalue weighted by Crippen LogP contribution is 2.44. The number of hydrogen-bond donors (Lipinski definition) is 3. The molecule has 7 heteroatoms. The minimum atomic E-state index is -0.825. The van der Waals surface area contributed by atoms with Gasteiger partial charge in [-0.25, -0.2) is 4.79 Å². The van der Waals surface area contributed by atoms with Gasteiger partial charge in [-0.3, -0.25) is 9.59 Å². The predicted molar refractivity (Wildman–Crippen MR) is 121 cm³/mol. The Morgan fingerprint density at radius 3 is 2.12 bits per heavy atom. The maximum atomic E-state index is 12.1. The zero-order chi connectivity index (χ0) is 23.1. The highest BCUT2D eigenvalue weighted by Gasteiger charge is 2.29. The molecule has 7 nitrogen and oxygen atoms in total. The van der Waals surface area contributed by atoms with E-state index in [-0.39, 0.29) is 36.8 Å². The van der Waals surface area contributed by atoms with Crippen LogP contribution in [-0.4, -0.2) is 42.8 Å². The fourth-order valence-corrected chi connectivity index (χ4v) is 3.98. The first-order valence-electron chi connectivity index (χ1n) is 10.8. The molecular weight excluding hydrogens is 408 g/mol. The summed E-state index contributed by atoms with van der Waals surface area (Å²) in [6.07, 6.45) is 0.654. The molecule has 170 valence electrons. The van der Waals surface area contributed by atoms with Crippen LogP contribution in [0.1, 0.15) is 50.2 Å². The van der Waals surface area contributed by atoms with Gasteiger partial charge in [-0.15, -0.1) is 0 Å². The molecular formula is C25H30N2O5. The summed E-state index contributed by atoms with van der Waals surface area (Å²) < 4.78 is 5.42. The average Bonchev–Trinajstić information content (AvgIpc) is 3.09. The average molecular weight is 439 g/mol. The maximum absolute atomic E-state index is 12.1. The zero-order valence-corrected chi connectivity index (χ0v) is 18.5. The number of amides is 2. The quantitative estimate of drug-likeness (QED) is 0.521. The number of ether oxygens (including phenoxy) is 1. The first-order valence-corrected chi connectivity index (χ1v) is 10.8. The molecule has 0 heterocycles. The number of carbonyl (C=O) groups is 3. The van der Waals surface area contributed by atoms with Gasteiger partial charge in [0.15, 0.2) is 0 Å². The lowest BCUT2D eigenvalue weighted by Gasteiger charge is -2.23. The highest BCUT2D eigenvalue weighted by molar-refractivity contribution is 5.82. The SMILES string of the molecule is CC(C)(CCNC(=O)CNC(=O)OCC1c2ccccc2-c2ccccc21)CCC(=O)O. The molecule has 0 aliphatic heterocycles. The molecule has 3 rings (SSSR count). The summed E-state index contributed by atoms with van der Waals surface area (Å²) in [5.41, 5.74) is 4.38. The molecule has 3 N–H and O–H groups in total. The lowest BCUT2D eigenvalue weighted by atomic mass is 9.84. The molecule has 0 fully saturated rings. The van der Waals surface area contributed by atoms with Crippen molar-refractivity contribution in [2.75, 3.05) is 19.7 Å². The van der Waals surface area contributed by atoms with Crippen LogP contribution in [-0.2, 0) is 14.3 Å². The number of carboxylic acids is 1. The van der Waals surface area contributed by atoms with E-state index >= 15 is 0 Å². The molecule has 0 radical (unpaired) electrons. The van der Waals surface area contributed by atoms with Gasteiger partial charge in [0.05, 0.1) is 6.54 Å². The molecule has 1 aliphatic carbocycles. The van der Waals surface area contributed by atoms with Crippen molar-refractivity contribution in [2.45, 2.75) is 39.0 Å². The lowest BCUT2D eigenvalue weighted by molar-refractivity contribution is -0.137. The molecule has 2 amide bonds. The van der Waals surface area contributed by atoms with Crippen LogP contribution in [0.15, 0.2) is 48.5 Å². The normalized spacial score (nSPS) is 12.6. The Balaban J connectivity index is 1.41. The Morgan fingerprint density at radius 1 is 0.938 bits per heavy atom. The monoisotopic (exact) mass is 438 g/mol. The van der Waals surface area contributed by atoms with E-state index in [1.54, 1.807) is 0 Å². The first-order chi connectivity index (χ1) is 15.3. The topological polar surface area (TPSA) is 105 Å². The summed E-state index contributed by atoms with van der Waals surface area (Å²) >= 11 is 0. The second-order valence-electron chi connectivity index (χ2n) is 8.84. The van der Waals surface area contributed by atoms with Crippen molar-refractivity contribution in [3.8, 4) is 11.1 Å². The molecule has 0 aromatic heterocycles. The zero-order valence-electron chi connectivity index (χ0n) is 18.5. The van der Waals surface area contributed by atoms with E-state index in [0.717, 1.165) is 22.3 Å². The van der Waals surface area contributed by atoms with Gasteiger partial charge in [0.2, 0.25) is 5.91 Å². The third-order valence-corrected chi connectivity index (χ3v) is 5.88. The van der Waals surface area contributed by atoms with E-state index in [0.29, 0.717) is 19.4 Å². The predicted octanol–water partition coefficient (Wildman–Crippen LogP) is 3.92. The fraction of sp³-hybridized carbons (Fsp3) is 0.400. The van der Waals surface area contributed by atoms with Crippen molar-refractivity contribution in [3.63, 3.8) is 0 Å². The molecule has 0 atom stereocenters. The Kier molecular flexibility index (Phi) is 7.51. The lowest BCUT2D eigenvalue weighted by Crippen LogP contribution is -2.38. The Morgan fingerprint density at radius 2 is 1.53 bits per heavy atom. The Bertz CT molecular complexity index is 940. The van der Waals surface area contributed by atoms with Crippen molar-refractivity contribution >= 4 is 18.0 Å². The highest BCUT2D eigenvalue weighted by atomic mass is 16.5. The van der Waals surface area contributed by atoms with E-state index in [9.17, 15) is 14.4 Å². The second kappa shape index (κ2) is 10.3. The van der Waals surface area contributed by atoms with Crippen LogP contribution in [0.25, 0.3) is 11.1 Å². The number of rotatable bonds is 10. The summed E-state index contributed by atoms with van der Waals surface area (Å²) in [5, 5.41) is 14.0. The minimum Gasteiger partial charge on any atom is -0.481 e. The molecule has 0 bridgehead atoms. The van der Waals surface area contributed by atoms with Crippen molar-refractivity contribution in [3.05, 3.63) is 59.7 Å². The molecule has 0 unspecified atom stereocenters. The van der Waals surface area contributed by atoms with Gasteiger partial charge >= 0.3 is 12.1 Å². The van der Waals surface area contributed by atoms with Gasteiger partial charge in [0.1, 0.15) is 6.61 Å². The van der Waals surface area contributed by atoms with E-state index in [1.165, 1.54) is 0 Å². The molecule has 32 heavy (non-hydrogen) atoms. The van der Waals surface area contributed by atoms with Gasteiger partial charge in [0.25, 0.3) is 0 Å². The number of aliphatic carboxylic acids is 1. The van der Waals surface area contributed by atoms with E-state index in [1.807, 2.05) is 50.2 Å². The van der Waals surface area contributed by atoms with E-state index < -0.39 is 12.1 Å². The van der Waals surface area contributed by atoms with Gasteiger partial charge in [-0.2, -0.15) is 0 Å². The van der Waals surface area contributed by atoms with Crippen LogP contribution in [0.3, 0.4) is 0 Å². The molecule has 0 saturated carbocycles. The standard InChI is InChI=1S/C25H30N2O5/c1-25(2,12-11-23(29)30)13-14-26-22(28)15-27-24(31)32-16-21-19-9-5-3-7-17(19)18-8-4-6-10-20(18)21/h3-10,21H,11-16H2,1-2H3,(H,26,28)(H,27,31)(H,29,30). The van der Waals surface area contributed by atoms with Gasteiger partial charge in [0, 0.05) is 18.9 Å². The molecule has 1 aliphatic rings. The van der Waals surface area contributed by atoms with Gasteiger partial charge < -0.3 is 20.5 Å². The third kappa shape index (κ3) is 6.09. The number of carboxylic acid groups (broad SMARTS) is 1. The second-order valence-corrected chi connectivity index (χ2v) is 8.84. The Labute approximate surface area is 188 Å². The van der Waals surface area contributed by atoms with Crippen LogP contribution >= 0.6 is 0 Å². The van der Waals surface area contributed by atoms with Crippen LogP contribution in [0.2, 0.25) is 0 Å². The number of alkyl carbamates (subject to hydrolysis) is 1. The first kappa shape index (κ1) is 23.3. The largest absolute Gasteiger partial charge is 0.481 e. The number of nitrogens with one attached hydrogen (secondary N) is 2. The van der Waals surface area contributed by atoms with Crippen LogP contribution < -0.4 is 10.6 Å². The number of hydrogen-bond acceptors (Lipinski definition) is 4. The fourth-order valence-electron chi connectivity index (χ4n) is 3.98. The number of fused-ring (bicyclic) bond motifs is 3. The molecule has 2 aromatic carbocycles. The van der Waals surface area contributed by atoms with Crippen LogP contribution in [0.4, 0.5) is 4.79 Å². The number of benzene rings is 2. The van der Waals surface area contributed by atoms with Gasteiger partial charge in [-0.1, -0.05) is 62.4 Å². The minimum absolute atomic E-state index is 0.0324. The van der Waals surface area contributed by atoms with Gasteiger partial charge in [-0.05, 0) is 40.5 Å². The third-order valence-electron chi connectivity index (χ3n) is 5.88. The van der Waals surface area contributed by atoms with Crippen LogP contribution in [0, 0.1) is 5.41 Å². The number of carbonyl (C=O) groups excluding carboxylic acids is 2. The summed E-state index contributed by atoms with van der Waals surface area (Å²) in [5.74, 6) is -1.17. The molecule has 0 saturated heterocycles. The maximum Gasteiger partial charge on any atom is 0.407 e. The van der Waals surface area contributed by atoms with Crippen molar-refractivity contribution in [1.29, 1.82) is 0 Å². The summed E-state index contributed by atoms with van der Waals surface area (Å²) in [6.45, 7) is 4.37. The van der Waals surface area contributed by atoms with E-state index in [4.69, 9.17) is 9.84 Å². The Hall–Kier alpha value is -3.35. The van der Waals surface area contributed by atoms with Crippen LogP contribution in [0.5, 0.6) is 0 Å². The van der Waals surface area contributed by atoms with E-state index in [2.05, 4.69) is 22.8 Å².